The van der Waals surface area contributed by atoms with Crippen LogP contribution in [0.2, 0.25) is 10.0 Å². The summed E-state index contributed by atoms with van der Waals surface area (Å²) in [4.78, 5) is 21.5. The van der Waals surface area contributed by atoms with E-state index in [1.807, 2.05) is 30.3 Å². The summed E-state index contributed by atoms with van der Waals surface area (Å²) in [6, 6.07) is 11.0. The molecule has 0 aliphatic carbocycles. The lowest BCUT2D eigenvalue weighted by atomic mass is 9.84. The van der Waals surface area contributed by atoms with Crippen LogP contribution in [0.5, 0.6) is 0 Å². The van der Waals surface area contributed by atoms with Crippen molar-refractivity contribution in [2.24, 2.45) is 5.73 Å². The SMILES string of the molecule is CN1Cc2c(Cl)cc(Cl)cc2C(c2ccc(NC(=O)[C@@H](N)Cc3cnc[nH]3)cc2)C1. The average Bonchev–Trinajstić information content (AvgIpc) is 3.22. The molecule has 0 fully saturated rings. The lowest BCUT2D eigenvalue weighted by molar-refractivity contribution is -0.117. The lowest BCUT2D eigenvalue weighted by Gasteiger charge is -2.33. The van der Waals surface area contributed by atoms with Crippen LogP contribution < -0.4 is 11.1 Å². The van der Waals surface area contributed by atoms with Crippen LogP contribution in [-0.4, -0.2) is 40.4 Å². The van der Waals surface area contributed by atoms with Crippen molar-refractivity contribution < 1.29 is 4.79 Å². The molecule has 0 saturated heterocycles. The second kappa shape index (κ2) is 8.78. The molecular formula is C22H23Cl2N5O. The minimum absolute atomic E-state index is 0.155. The van der Waals surface area contributed by atoms with E-state index in [1.54, 1.807) is 18.6 Å². The molecule has 1 amide bonds. The maximum atomic E-state index is 12.4. The summed E-state index contributed by atoms with van der Waals surface area (Å²) in [5.74, 6) is -0.0824. The number of likely N-dealkylation sites (N-methyl/N-ethyl adjacent to an activating group) is 1. The van der Waals surface area contributed by atoms with Gasteiger partial charge in [0.2, 0.25) is 5.91 Å². The monoisotopic (exact) mass is 443 g/mol. The molecule has 1 aromatic heterocycles. The third kappa shape index (κ3) is 4.52. The van der Waals surface area contributed by atoms with Gasteiger partial charge in [0.1, 0.15) is 0 Å². The standard InChI is InChI=1S/C22H23Cl2N5O/c1-29-10-18(17-6-14(23)7-20(24)19(17)11-29)13-2-4-15(5-3-13)28-22(30)21(25)8-16-9-26-12-27-16/h2-7,9,12,18,21H,8,10-11,25H2,1H3,(H,26,27)(H,28,30)/t18?,21-/m0/s1. The fourth-order valence-corrected chi connectivity index (χ4v) is 4.46. The van der Waals surface area contributed by atoms with Crippen molar-refractivity contribution in [1.82, 2.24) is 14.9 Å². The highest BCUT2D eigenvalue weighted by Crippen LogP contribution is 2.38. The number of aromatic amines is 1. The smallest absolute Gasteiger partial charge is 0.241 e. The summed E-state index contributed by atoms with van der Waals surface area (Å²) in [7, 11) is 2.08. The number of hydrogen-bond acceptors (Lipinski definition) is 4. The number of nitrogens with zero attached hydrogens (tertiary/aromatic N) is 2. The summed E-state index contributed by atoms with van der Waals surface area (Å²) >= 11 is 12.7. The maximum Gasteiger partial charge on any atom is 0.241 e. The highest BCUT2D eigenvalue weighted by atomic mass is 35.5. The Morgan fingerprint density at radius 1 is 1.33 bits per heavy atom. The summed E-state index contributed by atoms with van der Waals surface area (Å²) in [5.41, 5.74) is 10.9. The van der Waals surface area contributed by atoms with Crippen LogP contribution in [0.4, 0.5) is 5.69 Å². The number of halogens is 2. The van der Waals surface area contributed by atoms with E-state index in [-0.39, 0.29) is 11.8 Å². The third-order valence-corrected chi connectivity index (χ3v) is 5.96. The van der Waals surface area contributed by atoms with Crippen molar-refractivity contribution in [3.63, 3.8) is 0 Å². The molecule has 2 atom stereocenters. The van der Waals surface area contributed by atoms with Crippen LogP contribution >= 0.6 is 23.2 Å². The zero-order chi connectivity index (χ0) is 21.3. The van der Waals surface area contributed by atoms with Gasteiger partial charge in [0.25, 0.3) is 0 Å². The fraction of sp³-hybridized carbons (Fsp3) is 0.273. The molecule has 0 radical (unpaired) electrons. The summed E-state index contributed by atoms with van der Waals surface area (Å²) in [6.07, 6.45) is 3.63. The van der Waals surface area contributed by atoms with Crippen LogP contribution in [0.3, 0.4) is 0 Å². The number of H-pyrrole nitrogens is 1. The number of hydrogen-bond donors (Lipinski definition) is 3. The Labute approximate surface area is 185 Å². The molecule has 6 nitrogen and oxygen atoms in total. The first-order valence-electron chi connectivity index (χ1n) is 9.70. The summed E-state index contributed by atoms with van der Waals surface area (Å²) in [5, 5.41) is 4.22. The Hall–Kier alpha value is -2.38. The van der Waals surface area contributed by atoms with Crippen molar-refractivity contribution in [2.75, 3.05) is 18.9 Å². The van der Waals surface area contributed by atoms with Gasteiger partial charge in [-0.1, -0.05) is 35.3 Å². The first-order chi connectivity index (χ1) is 14.4. The second-order valence-corrected chi connectivity index (χ2v) is 8.55. The highest BCUT2D eigenvalue weighted by Gasteiger charge is 2.27. The number of carbonyl (C=O) groups is 1. The van der Waals surface area contributed by atoms with Gasteiger partial charge in [-0.3, -0.25) is 4.79 Å². The Balaban J connectivity index is 1.49. The number of aromatic nitrogens is 2. The zero-order valence-corrected chi connectivity index (χ0v) is 18.0. The van der Waals surface area contributed by atoms with Gasteiger partial charge in [-0.25, -0.2) is 4.98 Å². The number of amides is 1. The van der Waals surface area contributed by atoms with E-state index in [0.29, 0.717) is 22.2 Å². The van der Waals surface area contributed by atoms with E-state index >= 15 is 0 Å². The highest BCUT2D eigenvalue weighted by molar-refractivity contribution is 6.35. The molecule has 0 saturated carbocycles. The Kier molecular flexibility index (Phi) is 6.11. The number of benzene rings is 2. The predicted molar refractivity (Wildman–Crippen MR) is 120 cm³/mol. The number of anilines is 1. The first-order valence-corrected chi connectivity index (χ1v) is 10.5. The Bertz CT molecular complexity index is 1040. The molecular weight excluding hydrogens is 421 g/mol. The molecule has 0 spiro atoms. The first kappa shape index (κ1) is 20.9. The number of rotatable bonds is 5. The van der Waals surface area contributed by atoms with Gasteiger partial charge in [0, 0.05) is 53.1 Å². The van der Waals surface area contributed by atoms with E-state index in [2.05, 4.69) is 27.2 Å². The van der Waals surface area contributed by atoms with Crippen LogP contribution in [0.25, 0.3) is 0 Å². The van der Waals surface area contributed by atoms with E-state index in [0.717, 1.165) is 35.5 Å². The molecule has 30 heavy (non-hydrogen) atoms. The minimum Gasteiger partial charge on any atom is -0.348 e. The number of imidazole rings is 1. The quantitative estimate of drug-likeness (QED) is 0.559. The van der Waals surface area contributed by atoms with Gasteiger partial charge in [0.15, 0.2) is 0 Å². The van der Waals surface area contributed by atoms with E-state index < -0.39 is 6.04 Å². The Morgan fingerprint density at radius 2 is 2.10 bits per heavy atom. The van der Waals surface area contributed by atoms with Gasteiger partial charge in [-0.2, -0.15) is 0 Å². The van der Waals surface area contributed by atoms with Gasteiger partial charge in [-0.15, -0.1) is 0 Å². The maximum absolute atomic E-state index is 12.4. The van der Waals surface area contributed by atoms with Crippen LogP contribution in [0.1, 0.15) is 28.3 Å². The van der Waals surface area contributed by atoms with Crippen molar-refractivity contribution in [2.45, 2.75) is 24.9 Å². The topological polar surface area (TPSA) is 87.0 Å². The fourth-order valence-electron chi connectivity index (χ4n) is 3.89. The molecule has 3 aromatic rings. The molecule has 8 heteroatoms. The molecule has 1 unspecified atom stereocenters. The number of nitrogens with one attached hydrogen (secondary N) is 2. The van der Waals surface area contributed by atoms with Crippen molar-refractivity contribution >= 4 is 34.8 Å². The number of carbonyl (C=O) groups excluding carboxylic acids is 1. The van der Waals surface area contributed by atoms with Crippen molar-refractivity contribution in [3.05, 3.63) is 81.4 Å². The van der Waals surface area contributed by atoms with Gasteiger partial charge >= 0.3 is 0 Å². The lowest BCUT2D eigenvalue weighted by Crippen LogP contribution is -2.37. The Morgan fingerprint density at radius 3 is 2.80 bits per heavy atom. The van der Waals surface area contributed by atoms with Gasteiger partial charge in [0.05, 0.1) is 12.4 Å². The van der Waals surface area contributed by atoms with Crippen molar-refractivity contribution in [3.8, 4) is 0 Å². The molecule has 1 aliphatic heterocycles. The van der Waals surface area contributed by atoms with E-state index in [4.69, 9.17) is 28.9 Å². The minimum atomic E-state index is -0.659. The summed E-state index contributed by atoms with van der Waals surface area (Å²) < 4.78 is 0. The van der Waals surface area contributed by atoms with E-state index in [1.165, 1.54) is 0 Å². The normalized spacial score (nSPS) is 17.4. The van der Waals surface area contributed by atoms with Crippen LogP contribution in [-0.2, 0) is 17.8 Å². The second-order valence-electron chi connectivity index (χ2n) is 7.70. The predicted octanol–water partition coefficient (Wildman–Crippen LogP) is 3.80. The molecule has 4 N–H and O–H groups in total. The van der Waals surface area contributed by atoms with Crippen molar-refractivity contribution in [1.29, 1.82) is 0 Å². The number of fused-ring (bicyclic) bond motifs is 1. The summed E-state index contributed by atoms with van der Waals surface area (Å²) in [6.45, 7) is 1.66. The average molecular weight is 444 g/mol. The zero-order valence-electron chi connectivity index (χ0n) is 16.5. The molecule has 1 aliphatic rings. The van der Waals surface area contributed by atoms with Gasteiger partial charge < -0.3 is 20.9 Å². The van der Waals surface area contributed by atoms with E-state index in [9.17, 15) is 4.79 Å². The largest absolute Gasteiger partial charge is 0.348 e. The molecule has 2 aromatic carbocycles. The molecule has 0 bridgehead atoms. The number of nitrogens with two attached hydrogens (primary N) is 1. The molecule has 156 valence electrons. The van der Waals surface area contributed by atoms with Crippen LogP contribution in [0, 0.1) is 0 Å². The van der Waals surface area contributed by atoms with Crippen LogP contribution in [0.15, 0.2) is 48.9 Å². The third-order valence-electron chi connectivity index (χ3n) is 5.40. The van der Waals surface area contributed by atoms with Gasteiger partial charge in [-0.05, 0) is 48.0 Å². The molecule has 4 rings (SSSR count). The molecule has 2 heterocycles.